The summed E-state index contributed by atoms with van der Waals surface area (Å²) in [4.78, 5) is 23.8. The molecule has 7 heteroatoms. The molecule has 2 saturated heterocycles. The third kappa shape index (κ3) is 3.77. The number of urea groups is 1. The van der Waals surface area contributed by atoms with Crippen LogP contribution in [-0.2, 0) is 4.74 Å². The van der Waals surface area contributed by atoms with Gasteiger partial charge in [-0.25, -0.2) is 9.78 Å². The van der Waals surface area contributed by atoms with Crippen LogP contribution in [0.25, 0.3) is 0 Å². The Morgan fingerprint density at radius 1 is 1.46 bits per heavy atom. The van der Waals surface area contributed by atoms with Gasteiger partial charge in [-0.1, -0.05) is 0 Å². The number of hydrogen-bond acceptors (Lipinski definition) is 5. The summed E-state index contributed by atoms with van der Waals surface area (Å²) in [6.45, 7) is 4.70. The van der Waals surface area contributed by atoms with Gasteiger partial charge in [-0.2, -0.15) is 0 Å². The van der Waals surface area contributed by atoms with Gasteiger partial charge in [0, 0.05) is 26.9 Å². The van der Waals surface area contributed by atoms with Gasteiger partial charge >= 0.3 is 6.03 Å². The summed E-state index contributed by atoms with van der Waals surface area (Å²) in [7, 11) is 3.56. The first kappa shape index (κ1) is 17.0. The number of nitrogens with zero attached hydrogens (tertiary/aromatic N) is 4. The quantitative estimate of drug-likeness (QED) is 0.839. The minimum absolute atomic E-state index is 0.0627. The van der Waals surface area contributed by atoms with E-state index in [4.69, 9.17) is 9.47 Å². The lowest BCUT2D eigenvalue weighted by Crippen LogP contribution is -2.67. The van der Waals surface area contributed by atoms with E-state index in [1.165, 1.54) is 0 Å². The van der Waals surface area contributed by atoms with E-state index < -0.39 is 0 Å². The number of amides is 2. The van der Waals surface area contributed by atoms with Crippen LogP contribution < -0.4 is 4.74 Å². The molecule has 132 valence electrons. The molecule has 2 aliphatic heterocycles. The van der Waals surface area contributed by atoms with Gasteiger partial charge in [0.05, 0.1) is 31.6 Å². The van der Waals surface area contributed by atoms with Crippen molar-refractivity contribution in [3.05, 3.63) is 18.1 Å². The molecule has 0 bridgehead atoms. The second kappa shape index (κ2) is 6.93. The van der Waals surface area contributed by atoms with Crippen molar-refractivity contribution in [3.63, 3.8) is 0 Å². The predicted octanol–water partition coefficient (Wildman–Crippen LogP) is 1.72. The highest BCUT2D eigenvalue weighted by atomic mass is 16.5. The van der Waals surface area contributed by atoms with Gasteiger partial charge in [0.15, 0.2) is 0 Å². The van der Waals surface area contributed by atoms with Crippen molar-refractivity contribution in [2.24, 2.45) is 5.92 Å². The summed E-state index contributed by atoms with van der Waals surface area (Å²) in [6.07, 6.45) is 6.38. The van der Waals surface area contributed by atoms with E-state index in [2.05, 4.69) is 9.97 Å². The molecule has 3 heterocycles. The molecule has 0 aromatic carbocycles. The normalized spacial score (nSPS) is 22.1. The number of likely N-dealkylation sites (tertiary alicyclic amines) is 1. The number of aryl methyl sites for hydroxylation is 1. The first-order valence-corrected chi connectivity index (χ1v) is 8.49. The third-order valence-corrected chi connectivity index (χ3v) is 4.72. The average molecular weight is 334 g/mol. The van der Waals surface area contributed by atoms with Crippen LogP contribution in [-0.4, -0.2) is 71.8 Å². The maximum absolute atomic E-state index is 12.0. The van der Waals surface area contributed by atoms with E-state index in [-0.39, 0.29) is 11.6 Å². The van der Waals surface area contributed by atoms with Gasteiger partial charge in [0.1, 0.15) is 5.60 Å². The van der Waals surface area contributed by atoms with Crippen LogP contribution in [0.5, 0.6) is 5.88 Å². The van der Waals surface area contributed by atoms with E-state index in [1.54, 1.807) is 31.4 Å². The molecule has 0 saturated carbocycles. The summed E-state index contributed by atoms with van der Waals surface area (Å²) in [6, 6.07) is 0.0627. The Morgan fingerprint density at radius 2 is 2.25 bits per heavy atom. The zero-order valence-corrected chi connectivity index (χ0v) is 14.7. The monoisotopic (exact) mass is 334 g/mol. The fourth-order valence-corrected chi connectivity index (χ4v) is 3.50. The molecular weight excluding hydrogens is 308 g/mol. The van der Waals surface area contributed by atoms with Crippen LogP contribution >= 0.6 is 0 Å². The van der Waals surface area contributed by atoms with Crippen molar-refractivity contribution >= 4 is 6.03 Å². The van der Waals surface area contributed by atoms with Gasteiger partial charge in [-0.05, 0) is 32.1 Å². The topological polar surface area (TPSA) is 67.8 Å². The summed E-state index contributed by atoms with van der Waals surface area (Å²) >= 11 is 0. The number of rotatable bonds is 4. The first-order chi connectivity index (χ1) is 11.5. The second-order valence-corrected chi connectivity index (χ2v) is 7.06. The van der Waals surface area contributed by atoms with Crippen molar-refractivity contribution in [2.75, 3.05) is 40.4 Å². The zero-order chi connectivity index (χ0) is 17.2. The van der Waals surface area contributed by atoms with Gasteiger partial charge in [-0.15, -0.1) is 0 Å². The molecule has 0 N–H and O–H groups in total. The summed E-state index contributed by atoms with van der Waals surface area (Å²) in [5.74, 6) is 1.15. The van der Waals surface area contributed by atoms with Crippen LogP contribution in [0, 0.1) is 12.8 Å². The lowest BCUT2D eigenvalue weighted by molar-refractivity contribution is -0.167. The molecular formula is C17H26N4O3. The number of carbonyl (C=O) groups is 1. The lowest BCUT2D eigenvalue weighted by atomic mass is 9.79. The highest BCUT2D eigenvalue weighted by Crippen LogP contribution is 2.38. The van der Waals surface area contributed by atoms with Gasteiger partial charge in [-0.3, -0.25) is 4.98 Å². The Labute approximate surface area is 143 Å². The molecule has 7 nitrogen and oxygen atoms in total. The van der Waals surface area contributed by atoms with E-state index in [1.807, 2.05) is 11.8 Å². The van der Waals surface area contributed by atoms with E-state index in [9.17, 15) is 4.79 Å². The SMILES string of the molecule is Cc1cncc(OCC[C@H]2CCOC3(C2)CN(C(=O)N(C)C)C3)n1. The van der Waals surface area contributed by atoms with Crippen LogP contribution in [0.4, 0.5) is 4.79 Å². The molecule has 0 aliphatic carbocycles. The molecule has 1 atom stereocenters. The minimum atomic E-state index is -0.141. The van der Waals surface area contributed by atoms with Crippen molar-refractivity contribution < 1.29 is 14.3 Å². The smallest absolute Gasteiger partial charge is 0.319 e. The van der Waals surface area contributed by atoms with Gasteiger partial charge in [0.2, 0.25) is 5.88 Å². The number of aromatic nitrogens is 2. The summed E-state index contributed by atoms with van der Waals surface area (Å²) in [5.41, 5.74) is 0.718. The lowest BCUT2D eigenvalue weighted by Gasteiger charge is -2.53. The Bertz CT molecular complexity index is 587. The predicted molar refractivity (Wildman–Crippen MR) is 88.9 cm³/mol. The molecule has 1 aromatic rings. The summed E-state index contributed by atoms with van der Waals surface area (Å²) < 4.78 is 11.7. The van der Waals surface area contributed by atoms with E-state index in [0.29, 0.717) is 31.5 Å². The Kier molecular flexibility index (Phi) is 4.89. The van der Waals surface area contributed by atoms with Crippen molar-refractivity contribution in [1.29, 1.82) is 0 Å². The Hall–Kier alpha value is -1.89. The maximum atomic E-state index is 12.0. The highest BCUT2D eigenvalue weighted by molar-refractivity contribution is 5.75. The molecule has 2 amide bonds. The van der Waals surface area contributed by atoms with Crippen molar-refractivity contribution in [3.8, 4) is 5.88 Å². The Balaban J connectivity index is 1.44. The zero-order valence-electron chi connectivity index (χ0n) is 14.7. The molecule has 3 rings (SSSR count). The number of hydrogen-bond donors (Lipinski definition) is 0. The van der Waals surface area contributed by atoms with E-state index in [0.717, 1.165) is 31.6 Å². The van der Waals surface area contributed by atoms with Gasteiger partial charge in [0.25, 0.3) is 0 Å². The molecule has 2 fully saturated rings. The first-order valence-electron chi connectivity index (χ1n) is 8.49. The molecule has 24 heavy (non-hydrogen) atoms. The standard InChI is InChI=1S/C17H26N4O3/c1-13-9-18-10-15(19-13)23-6-4-14-5-7-24-17(8-14)11-21(12-17)16(22)20(2)3/h9-10,14H,4-8,11-12H2,1-3H3/t14-/m0/s1. The highest BCUT2D eigenvalue weighted by Gasteiger charge is 2.49. The molecule has 1 spiro atoms. The maximum Gasteiger partial charge on any atom is 0.319 e. The van der Waals surface area contributed by atoms with Crippen molar-refractivity contribution in [2.45, 2.75) is 31.8 Å². The fourth-order valence-electron chi connectivity index (χ4n) is 3.50. The van der Waals surface area contributed by atoms with Gasteiger partial charge < -0.3 is 19.3 Å². The molecule has 1 aromatic heterocycles. The fraction of sp³-hybridized carbons (Fsp3) is 0.706. The van der Waals surface area contributed by atoms with Crippen LogP contribution in [0.1, 0.15) is 25.0 Å². The van der Waals surface area contributed by atoms with Crippen LogP contribution in [0.15, 0.2) is 12.4 Å². The van der Waals surface area contributed by atoms with E-state index >= 15 is 0 Å². The Morgan fingerprint density at radius 3 is 2.96 bits per heavy atom. The third-order valence-electron chi connectivity index (χ3n) is 4.72. The summed E-state index contributed by atoms with van der Waals surface area (Å²) in [5, 5.41) is 0. The molecule has 2 aliphatic rings. The average Bonchev–Trinajstić information content (AvgIpc) is 2.52. The van der Waals surface area contributed by atoms with Crippen LogP contribution in [0.3, 0.4) is 0 Å². The number of ether oxygens (including phenoxy) is 2. The van der Waals surface area contributed by atoms with Crippen molar-refractivity contribution in [1.82, 2.24) is 19.8 Å². The number of carbonyl (C=O) groups excluding carboxylic acids is 1. The second-order valence-electron chi connectivity index (χ2n) is 7.06. The largest absolute Gasteiger partial charge is 0.477 e. The minimum Gasteiger partial charge on any atom is -0.477 e. The molecule has 0 radical (unpaired) electrons. The molecule has 0 unspecified atom stereocenters. The van der Waals surface area contributed by atoms with Crippen LogP contribution in [0.2, 0.25) is 0 Å².